The fourth-order valence-electron chi connectivity index (χ4n) is 1.81. The second-order valence-electron chi connectivity index (χ2n) is 4.28. The summed E-state index contributed by atoms with van der Waals surface area (Å²) in [6.45, 7) is 1.19. The average Bonchev–Trinajstić information content (AvgIpc) is 2.87. The molecule has 0 aliphatic rings. The van der Waals surface area contributed by atoms with E-state index in [4.69, 9.17) is 10.5 Å². The number of hydrogen-bond acceptors (Lipinski definition) is 5. The number of ether oxygens (including phenoxy) is 1. The molecule has 0 radical (unpaired) electrons. The number of tetrazole rings is 1. The summed E-state index contributed by atoms with van der Waals surface area (Å²) in [5.74, 6) is -1.66. The minimum Gasteiger partial charge on any atom is -0.398 e. The Morgan fingerprint density at radius 2 is 2.00 bits per heavy atom. The molecule has 1 heterocycles. The van der Waals surface area contributed by atoms with Gasteiger partial charge in [-0.15, -0.1) is 5.10 Å². The van der Waals surface area contributed by atoms with Gasteiger partial charge in [0.05, 0.1) is 0 Å². The van der Waals surface area contributed by atoms with Gasteiger partial charge in [0, 0.05) is 37.6 Å². The normalized spacial score (nSPS) is 10.9. The van der Waals surface area contributed by atoms with E-state index in [9.17, 15) is 8.78 Å². The number of aromatic nitrogens is 4. The first-order chi connectivity index (χ1) is 9.63. The lowest BCUT2D eigenvalue weighted by atomic mass is 10.1. The van der Waals surface area contributed by atoms with Gasteiger partial charge in [-0.05, 0) is 29.3 Å². The molecule has 2 rings (SSSR count). The fraction of sp³-hybridized carbons (Fsp3) is 0.417. The second-order valence-corrected chi connectivity index (χ2v) is 4.28. The molecule has 108 valence electrons. The summed E-state index contributed by atoms with van der Waals surface area (Å²) in [7, 11) is 1.63. The number of benzene rings is 1. The molecule has 20 heavy (non-hydrogen) atoms. The van der Waals surface area contributed by atoms with Crippen LogP contribution in [0.5, 0.6) is 0 Å². The molecular weight excluding hydrogens is 268 g/mol. The van der Waals surface area contributed by atoms with Crippen molar-refractivity contribution in [2.45, 2.75) is 19.4 Å². The Labute approximate surface area is 114 Å². The quantitative estimate of drug-likeness (QED) is 0.644. The number of anilines is 1. The molecular formula is C12H15F2N5O. The molecule has 0 atom stereocenters. The Morgan fingerprint density at radius 1 is 1.25 bits per heavy atom. The second kappa shape index (κ2) is 6.38. The summed E-state index contributed by atoms with van der Waals surface area (Å²) in [4.78, 5) is 0. The van der Waals surface area contributed by atoms with Crippen LogP contribution in [-0.4, -0.2) is 33.9 Å². The van der Waals surface area contributed by atoms with Crippen molar-refractivity contribution in [1.82, 2.24) is 20.2 Å². The van der Waals surface area contributed by atoms with Gasteiger partial charge in [-0.25, -0.2) is 13.5 Å². The number of nitrogens with two attached hydrogens (primary N) is 1. The zero-order valence-electron chi connectivity index (χ0n) is 11.0. The summed E-state index contributed by atoms with van der Waals surface area (Å²) in [6, 6.07) is 1.93. The van der Waals surface area contributed by atoms with Crippen molar-refractivity contribution in [2.24, 2.45) is 0 Å². The molecule has 1 aromatic carbocycles. The smallest absolute Gasteiger partial charge is 0.184 e. The number of aryl methyl sites for hydroxylation is 1. The van der Waals surface area contributed by atoms with Crippen LogP contribution in [0, 0.1) is 11.6 Å². The van der Waals surface area contributed by atoms with Crippen molar-refractivity contribution in [2.75, 3.05) is 19.5 Å². The largest absolute Gasteiger partial charge is 0.398 e. The summed E-state index contributed by atoms with van der Waals surface area (Å²) >= 11 is 0. The first-order valence-electron chi connectivity index (χ1n) is 6.13. The molecule has 8 heteroatoms. The highest BCUT2D eigenvalue weighted by Gasteiger charge is 2.15. The van der Waals surface area contributed by atoms with Gasteiger partial charge in [-0.3, -0.25) is 0 Å². The minimum atomic E-state index is -0.995. The van der Waals surface area contributed by atoms with E-state index >= 15 is 0 Å². The fourth-order valence-corrected chi connectivity index (χ4v) is 1.81. The van der Waals surface area contributed by atoms with Crippen molar-refractivity contribution in [3.05, 3.63) is 23.8 Å². The van der Waals surface area contributed by atoms with Gasteiger partial charge >= 0.3 is 0 Å². The molecule has 0 aliphatic heterocycles. The average molecular weight is 283 g/mol. The standard InChI is InChI=1S/C12H15F2N5O/c1-20-5-3-2-4-19-12(16-17-18-19)8-6-9(13)10(14)7-11(8)15/h6-7H,2-5,15H2,1H3. The Bertz CT molecular complexity index is 587. The Hall–Kier alpha value is -2.09. The highest BCUT2D eigenvalue weighted by atomic mass is 19.2. The third-order valence-electron chi connectivity index (χ3n) is 2.83. The molecule has 0 amide bonds. The van der Waals surface area contributed by atoms with E-state index in [-0.39, 0.29) is 11.3 Å². The maximum Gasteiger partial charge on any atom is 0.184 e. The number of rotatable bonds is 6. The van der Waals surface area contributed by atoms with Gasteiger partial charge in [0.2, 0.25) is 0 Å². The van der Waals surface area contributed by atoms with Crippen LogP contribution in [0.1, 0.15) is 12.8 Å². The zero-order valence-corrected chi connectivity index (χ0v) is 11.0. The summed E-state index contributed by atoms with van der Waals surface area (Å²) in [5.41, 5.74) is 6.06. The van der Waals surface area contributed by atoms with E-state index < -0.39 is 11.6 Å². The number of hydrogen-bond donors (Lipinski definition) is 1. The van der Waals surface area contributed by atoms with Crippen LogP contribution in [0.15, 0.2) is 12.1 Å². The van der Waals surface area contributed by atoms with Crippen LogP contribution in [0.4, 0.5) is 14.5 Å². The van der Waals surface area contributed by atoms with E-state index in [0.29, 0.717) is 19.0 Å². The predicted molar refractivity (Wildman–Crippen MR) is 68.7 cm³/mol. The lowest BCUT2D eigenvalue weighted by Gasteiger charge is -2.07. The molecule has 0 saturated heterocycles. The summed E-state index contributed by atoms with van der Waals surface area (Å²) < 4.78 is 32.8. The molecule has 0 fully saturated rings. The SMILES string of the molecule is COCCCCn1nnnc1-c1cc(F)c(F)cc1N. The maximum atomic E-state index is 13.3. The first kappa shape index (κ1) is 14.3. The Kier molecular flexibility index (Phi) is 4.57. The lowest BCUT2D eigenvalue weighted by Crippen LogP contribution is -2.06. The number of unbranched alkanes of at least 4 members (excludes halogenated alkanes) is 1. The highest BCUT2D eigenvalue weighted by molar-refractivity contribution is 5.71. The van der Waals surface area contributed by atoms with Crippen molar-refractivity contribution in [3.63, 3.8) is 0 Å². The maximum absolute atomic E-state index is 13.3. The Morgan fingerprint density at radius 3 is 2.75 bits per heavy atom. The molecule has 2 N–H and O–H groups in total. The molecule has 0 bridgehead atoms. The van der Waals surface area contributed by atoms with Crippen LogP contribution in [0.25, 0.3) is 11.4 Å². The topological polar surface area (TPSA) is 78.8 Å². The van der Waals surface area contributed by atoms with Gasteiger partial charge in [0.1, 0.15) is 0 Å². The number of nitrogens with zero attached hydrogens (tertiary/aromatic N) is 4. The van der Waals surface area contributed by atoms with Crippen LogP contribution >= 0.6 is 0 Å². The summed E-state index contributed by atoms with van der Waals surface area (Å²) in [6.07, 6.45) is 1.65. The lowest BCUT2D eigenvalue weighted by molar-refractivity contribution is 0.191. The molecule has 2 aromatic rings. The van der Waals surface area contributed by atoms with E-state index in [0.717, 1.165) is 25.0 Å². The Balaban J connectivity index is 2.21. The van der Waals surface area contributed by atoms with Gasteiger partial charge in [0.15, 0.2) is 17.5 Å². The van der Waals surface area contributed by atoms with Gasteiger partial charge in [0.25, 0.3) is 0 Å². The van der Waals surface area contributed by atoms with E-state index in [1.807, 2.05) is 0 Å². The number of halogens is 2. The monoisotopic (exact) mass is 283 g/mol. The van der Waals surface area contributed by atoms with Crippen molar-refractivity contribution in [3.8, 4) is 11.4 Å². The van der Waals surface area contributed by atoms with Gasteiger partial charge < -0.3 is 10.5 Å². The van der Waals surface area contributed by atoms with Crippen molar-refractivity contribution < 1.29 is 13.5 Å². The third kappa shape index (κ3) is 3.08. The molecule has 6 nitrogen and oxygen atoms in total. The predicted octanol–water partition coefficient (Wildman–Crippen LogP) is 1.63. The van der Waals surface area contributed by atoms with Crippen LogP contribution in [-0.2, 0) is 11.3 Å². The first-order valence-corrected chi connectivity index (χ1v) is 6.13. The zero-order chi connectivity index (χ0) is 14.5. The van der Waals surface area contributed by atoms with Gasteiger partial charge in [-0.1, -0.05) is 0 Å². The van der Waals surface area contributed by atoms with E-state index in [2.05, 4.69) is 15.5 Å². The van der Waals surface area contributed by atoms with Gasteiger partial charge in [-0.2, -0.15) is 0 Å². The van der Waals surface area contributed by atoms with Crippen molar-refractivity contribution >= 4 is 5.69 Å². The minimum absolute atomic E-state index is 0.0943. The van der Waals surface area contributed by atoms with Crippen molar-refractivity contribution in [1.29, 1.82) is 0 Å². The molecule has 0 unspecified atom stereocenters. The number of methoxy groups -OCH3 is 1. The molecule has 0 aliphatic carbocycles. The van der Waals surface area contributed by atoms with Crippen LogP contribution in [0.2, 0.25) is 0 Å². The number of nitrogen functional groups attached to an aromatic ring is 1. The summed E-state index contributed by atoms with van der Waals surface area (Å²) in [5, 5.41) is 11.2. The molecule has 0 saturated carbocycles. The third-order valence-corrected chi connectivity index (χ3v) is 2.83. The highest BCUT2D eigenvalue weighted by Crippen LogP contribution is 2.26. The molecule has 1 aromatic heterocycles. The van der Waals surface area contributed by atoms with Crippen LogP contribution < -0.4 is 5.73 Å². The molecule has 0 spiro atoms. The van der Waals surface area contributed by atoms with E-state index in [1.54, 1.807) is 7.11 Å². The van der Waals surface area contributed by atoms with Crippen LogP contribution in [0.3, 0.4) is 0 Å². The van der Waals surface area contributed by atoms with E-state index in [1.165, 1.54) is 4.68 Å².